The molecule has 0 saturated carbocycles. The molecule has 7 heteroatoms. The Hall–Kier alpha value is -2.25. The number of carbonyl (C=O) groups excluding carboxylic acids is 1. The highest BCUT2D eigenvalue weighted by atomic mass is 16.5. The van der Waals surface area contributed by atoms with E-state index in [-0.39, 0.29) is 18.0 Å². The van der Waals surface area contributed by atoms with Crippen molar-refractivity contribution in [3.8, 4) is 0 Å². The largest absolute Gasteiger partial charge is 0.383 e. The number of benzene rings is 1. The van der Waals surface area contributed by atoms with Crippen LogP contribution in [0.25, 0.3) is 10.9 Å². The highest BCUT2D eigenvalue weighted by molar-refractivity contribution is 5.78. The van der Waals surface area contributed by atoms with Crippen LogP contribution in [0.5, 0.6) is 0 Å². The number of nitrogens with one attached hydrogen (secondary N) is 3. The summed E-state index contributed by atoms with van der Waals surface area (Å²) in [4.78, 5) is 30.4. The average molecular weight is 290 g/mol. The molecule has 0 saturated heterocycles. The fourth-order valence-electron chi connectivity index (χ4n) is 1.87. The van der Waals surface area contributed by atoms with Crippen LogP contribution in [0.3, 0.4) is 0 Å². The number of hydrogen-bond acceptors (Lipinski definition) is 5. The van der Waals surface area contributed by atoms with Crippen molar-refractivity contribution < 1.29 is 9.53 Å². The minimum atomic E-state index is -0.179. The van der Waals surface area contributed by atoms with Crippen LogP contribution in [-0.2, 0) is 16.1 Å². The second-order valence-corrected chi connectivity index (χ2v) is 4.48. The van der Waals surface area contributed by atoms with Crippen LogP contribution in [-0.4, -0.2) is 42.7 Å². The Labute approximate surface area is 121 Å². The molecule has 0 radical (unpaired) electrons. The first-order chi connectivity index (χ1) is 10.2. The number of methoxy groups -OCH3 is 1. The monoisotopic (exact) mass is 290 g/mol. The molecule has 0 atom stereocenters. The first-order valence-electron chi connectivity index (χ1n) is 6.65. The van der Waals surface area contributed by atoms with Crippen molar-refractivity contribution in [3.05, 3.63) is 40.4 Å². The summed E-state index contributed by atoms with van der Waals surface area (Å²) in [6, 6.07) is 7.13. The van der Waals surface area contributed by atoms with E-state index in [1.807, 2.05) is 6.07 Å². The molecule has 1 aromatic carbocycles. The lowest BCUT2D eigenvalue weighted by molar-refractivity contribution is -0.120. The number of hydrogen-bond donors (Lipinski definition) is 3. The van der Waals surface area contributed by atoms with Crippen molar-refractivity contribution in [2.75, 3.05) is 26.8 Å². The maximum Gasteiger partial charge on any atom is 0.258 e. The van der Waals surface area contributed by atoms with E-state index < -0.39 is 0 Å². The molecule has 112 valence electrons. The lowest BCUT2D eigenvalue weighted by atomic mass is 10.2. The molecule has 0 fully saturated rings. The molecule has 3 N–H and O–H groups in total. The van der Waals surface area contributed by atoms with Gasteiger partial charge < -0.3 is 20.4 Å². The van der Waals surface area contributed by atoms with Crippen molar-refractivity contribution in [2.45, 2.75) is 6.54 Å². The topological polar surface area (TPSA) is 96.1 Å². The number of aromatic nitrogens is 2. The van der Waals surface area contributed by atoms with E-state index in [1.165, 1.54) is 0 Å². The van der Waals surface area contributed by atoms with Crippen LogP contribution >= 0.6 is 0 Å². The van der Waals surface area contributed by atoms with Gasteiger partial charge in [0.1, 0.15) is 5.82 Å². The van der Waals surface area contributed by atoms with E-state index in [2.05, 4.69) is 20.6 Å². The van der Waals surface area contributed by atoms with Gasteiger partial charge in [0.05, 0.1) is 30.6 Å². The molecule has 2 aromatic rings. The maximum absolute atomic E-state index is 11.9. The first kappa shape index (κ1) is 15.1. The van der Waals surface area contributed by atoms with Crippen LogP contribution in [0, 0.1) is 0 Å². The molecule has 1 aromatic heterocycles. The molecule has 0 aliphatic rings. The van der Waals surface area contributed by atoms with Gasteiger partial charge in [-0.05, 0) is 12.1 Å². The quantitative estimate of drug-likeness (QED) is 0.612. The smallest absolute Gasteiger partial charge is 0.258 e. The SMILES string of the molecule is COCCNC(=O)CNCc1nc2ccccc2c(=O)[nH]1. The summed E-state index contributed by atoms with van der Waals surface area (Å²) in [5.41, 5.74) is 0.463. The second-order valence-electron chi connectivity index (χ2n) is 4.48. The van der Waals surface area contributed by atoms with Gasteiger partial charge in [-0.15, -0.1) is 0 Å². The van der Waals surface area contributed by atoms with Crippen LogP contribution in [0.4, 0.5) is 0 Å². The van der Waals surface area contributed by atoms with Crippen molar-refractivity contribution in [2.24, 2.45) is 0 Å². The summed E-state index contributed by atoms with van der Waals surface area (Å²) in [6.45, 7) is 1.42. The minimum Gasteiger partial charge on any atom is -0.383 e. The number of aromatic amines is 1. The van der Waals surface area contributed by atoms with Gasteiger partial charge >= 0.3 is 0 Å². The molecule has 2 rings (SSSR count). The Morgan fingerprint density at radius 3 is 3.00 bits per heavy atom. The lowest BCUT2D eigenvalue weighted by Gasteiger charge is -2.06. The molecule has 1 heterocycles. The van der Waals surface area contributed by atoms with Gasteiger partial charge in [0.15, 0.2) is 0 Å². The Morgan fingerprint density at radius 1 is 1.38 bits per heavy atom. The third kappa shape index (κ3) is 4.37. The van der Waals surface area contributed by atoms with Crippen LogP contribution in [0.15, 0.2) is 29.1 Å². The third-order valence-electron chi connectivity index (χ3n) is 2.87. The number of ether oxygens (including phenoxy) is 1. The molecular weight excluding hydrogens is 272 g/mol. The molecule has 0 aliphatic carbocycles. The van der Waals surface area contributed by atoms with Gasteiger partial charge in [-0.25, -0.2) is 4.98 Å². The van der Waals surface area contributed by atoms with Crippen molar-refractivity contribution in [1.82, 2.24) is 20.6 Å². The average Bonchev–Trinajstić information content (AvgIpc) is 2.48. The molecule has 0 spiro atoms. The Balaban J connectivity index is 1.89. The van der Waals surface area contributed by atoms with E-state index in [9.17, 15) is 9.59 Å². The number of rotatable bonds is 7. The summed E-state index contributed by atoms with van der Waals surface area (Å²) in [7, 11) is 1.58. The van der Waals surface area contributed by atoms with Crippen molar-refractivity contribution >= 4 is 16.8 Å². The zero-order chi connectivity index (χ0) is 15.1. The van der Waals surface area contributed by atoms with E-state index in [4.69, 9.17) is 4.74 Å². The van der Waals surface area contributed by atoms with Gasteiger partial charge in [0, 0.05) is 13.7 Å². The number of carbonyl (C=O) groups is 1. The van der Waals surface area contributed by atoms with E-state index >= 15 is 0 Å². The van der Waals surface area contributed by atoms with Gasteiger partial charge in [-0.2, -0.15) is 0 Å². The molecular formula is C14H18N4O3. The fourth-order valence-corrected chi connectivity index (χ4v) is 1.87. The highest BCUT2D eigenvalue weighted by Gasteiger charge is 2.04. The number of amides is 1. The van der Waals surface area contributed by atoms with Gasteiger partial charge in [0.2, 0.25) is 5.91 Å². The molecule has 21 heavy (non-hydrogen) atoms. The summed E-state index contributed by atoms with van der Waals surface area (Å²) in [6.07, 6.45) is 0. The van der Waals surface area contributed by atoms with Gasteiger partial charge in [0.25, 0.3) is 5.56 Å². The highest BCUT2D eigenvalue weighted by Crippen LogP contribution is 2.05. The molecule has 0 aliphatic heterocycles. The Bertz CT molecular complexity index is 669. The van der Waals surface area contributed by atoms with Crippen LogP contribution in [0.1, 0.15) is 5.82 Å². The second kappa shape index (κ2) is 7.51. The Kier molecular flexibility index (Phi) is 5.42. The van der Waals surface area contributed by atoms with Gasteiger partial charge in [-0.3, -0.25) is 9.59 Å². The standard InChI is InChI=1S/C14H18N4O3/c1-21-7-6-16-13(19)9-15-8-12-17-11-5-3-2-4-10(11)14(20)18-12/h2-5,15H,6-9H2,1H3,(H,16,19)(H,17,18,20). The van der Waals surface area contributed by atoms with E-state index in [0.717, 1.165) is 0 Å². The molecule has 1 amide bonds. The predicted molar refractivity (Wildman–Crippen MR) is 79.0 cm³/mol. The fraction of sp³-hybridized carbons (Fsp3) is 0.357. The minimum absolute atomic E-state index is 0.129. The first-order valence-corrected chi connectivity index (χ1v) is 6.65. The normalized spacial score (nSPS) is 10.7. The number of H-pyrrole nitrogens is 1. The number of fused-ring (bicyclic) bond motifs is 1. The maximum atomic E-state index is 11.9. The third-order valence-corrected chi connectivity index (χ3v) is 2.87. The zero-order valence-corrected chi connectivity index (χ0v) is 11.8. The summed E-state index contributed by atoms with van der Waals surface area (Å²) < 4.78 is 4.84. The number of para-hydroxylation sites is 1. The number of nitrogens with zero attached hydrogens (tertiary/aromatic N) is 1. The lowest BCUT2D eigenvalue weighted by Crippen LogP contribution is -2.35. The predicted octanol–water partition coefficient (Wildman–Crippen LogP) is -0.225. The van der Waals surface area contributed by atoms with E-state index in [1.54, 1.807) is 25.3 Å². The molecule has 7 nitrogen and oxygen atoms in total. The van der Waals surface area contributed by atoms with Crippen LogP contribution in [0.2, 0.25) is 0 Å². The van der Waals surface area contributed by atoms with Crippen molar-refractivity contribution in [1.29, 1.82) is 0 Å². The zero-order valence-electron chi connectivity index (χ0n) is 11.8. The van der Waals surface area contributed by atoms with E-state index in [0.29, 0.717) is 36.4 Å². The summed E-state index contributed by atoms with van der Waals surface area (Å²) in [5.74, 6) is 0.374. The van der Waals surface area contributed by atoms with Gasteiger partial charge in [-0.1, -0.05) is 12.1 Å². The Morgan fingerprint density at radius 2 is 2.19 bits per heavy atom. The summed E-state index contributed by atoms with van der Waals surface area (Å²) in [5, 5.41) is 6.18. The summed E-state index contributed by atoms with van der Waals surface area (Å²) >= 11 is 0. The van der Waals surface area contributed by atoms with Crippen LogP contribution < -0.4 is 16.2 Å². The molecule has 0 bridgehead atoms. The molecule has 0 unspecified atom stereocenters. The van der Waals surface area contributed by atoms with Crippen molar-refractivity contribution in [3.63, 3.8) is 0 Å².